The number of methoxy groups -OCH3 is 2. The minimum Gasteiger partial charge on any atom is -0.493 e. The van der Waals surface area contributed by atoms with Crippen molar-refractivity contribution < 1.29 is 14.2 Å². The molecule has 0 saturated heterocycles. The number of hydrogen-bond acceptors (Lipinski definition) is 5. The zero-order chi connectivity index (χ0) is 16.9. The molecular weight excluding hydrogens is 437 g/mol. The normalized spacial score (nSPS) is 10.5. The molecular formula is C18H16INO3S. The number of benzene rings is 2. The summed E-state index contributed by atoms with van der Waals surface area (Å²) < 4.78 is 17.8. The molecule has 3 rings (SSSR count). The van der Waals surface area contributed by atoms with E-state index in [0.717, 1.165) is 25.6 Å². The van der Waals surface area contributed by atoms with E-state index in [1.807, 2.05) is 47.8 Å². The molecule has 1 heterocycles. The fourth-order valence-corrected chi connectivity index (χ4v) is 3.61. The first-order valence-electron chi connectivity index (χ1n) is 7.25. The van der Waals surface area contributed by atoms with E-state index in [0.29, 0.717) is 18.1 Å². The summed E-state index contributed by atoms with van der Waals surface area (Å²) >= 11 is 3.83. The molecule has 2 aromatic carbocycles. The number of nitrogens with zero attached hydrogens (tertiary/aromatic N) is 1. The highest BCUT2D eigenvalue weighted by Gasteiger charge is 2.14. The van der Waals surface area contributed by atoms with Crippen LogP contribution in [-0.2, 0) is 6.61 Å². The van der Waals surface area contributed by atoms with Crippen LogP contribution in [0.1, 0.15) is 5.69 Å². The minimum absolute atomic E-state index is 0.433. The first-order valence-corrected chi connectivity index (χ1v) is 9.21. The second-order valence-corrected chi connectivity index (χ2v) is 7.03. The summed E-state index contributed by atoms with van der Waals surface area (Å²) in [6, 6.07) is 13.7. The molecule has 0 aliphatic heterocycles. The predicted octanol–water partition coefficient (Wildman–Crippen LogP) is 5.01. The maximum atomic E-state index is 5.81. The molecule has 0 aliphatic rings. The van der Waals surface area contributed by atoms with Crippen molar-refractivity contribution in [1.29, 1.82) is 0 Å². The van der Waals surface area contributed by atoms with Crippen molar-refractivity contribution in [2.45, 2.75) is 6.61 Å². The lowest BCUT2D eigenvalue weighted by atomic mass is 10.2. The van der Waals surface area contributed by atoms with Crippen LogP contribution in [0.25, 0.3) is 10.6 Å². The van der Waals surface area contributed by atoms with Crippen molar-refractivity contribution >= 4 is 33.9 Å². The molecule has 1 aromatic heterocycles. The minimum atomic E-state index is 0.433. The summed E-state index contributed by atoms with van der Waals surface area (Å²) in [6.07, 6.45) is 0. The highest BCUT2D eigenvalue weighted by Crippen LogP contribution is 2.39. The Bertz CT molecular complexity index is 835. The Morgan fingerprint density at radius 3 is 2.67 bits per heavy atom. The van der Waals surface area contributed by atoms with Gasteiger partial charge in [-0.25, -0.2) is 4.98 Å². The average molecular weight is 453 g/mol. The van der Waals surface area contributed by atoms with Crippen molar-refractivity contribution in [2.24, 2.45) is 0 Å². The molecule has 0 aliphatic carbocycles. The molecule has 4 nitrogen and oxygen atoms in total. The Kier molecular flexibility index (Phi) is 5.57. The van der Waals surface area contributed by atoms with Gasteiger partial charge in [0.05, 0.1) is 25.5 Å². The van der Waals surface area contributed by atoms with Crippen LogP contribution in [0, 0.1) is 3.57 Å². The Morgan fingerprint density at radius 2 is 1.92 bits per heavy atom. The van der Waals surface area contributed by atoms with Crippen LogP contribution < -0.4 is 14.2 Å². The van der Waals surface area contributed by atoms with Crippen LogP contribution in [0.4, 0.5) is 0 Å². The van der Waals surface area contributed by atoms with Crippen LogP contribution in [-0.4, -0.2) is 19.2 Å². The van der Waals surface area contributed by atoms with Crippen LogP contribution in [0.15, 0.2) is 47.8 Å². The summed E-state index contributed by atoms with van der Waals surface area (Å²) in [4.78, 5) is 4.66. The molecule has 3 aromatic rings. The molecule has 0 bridgehead atoms. The van der Waals surface area contributed by atoms with Gasteiger partial charge in [-0.1, -0.05) is 12.1 Å². The lowest BCUT2D eigenvalue weighted by Gasteiger charge is -2.10. The van der Waals surface area contributed by atoms with Gasteiger partial charge in [-0.15, -0.1) is 11.3 Å². The molecule has 0 radical (unpaired) electrons. The Labute approximate surface area is 158 Å². The predicted molar refractivity (Wildman–Crippen MR) is 104 cm³/mol. The van der Waals surface area contributed by atoms with E-state index >= 15 is 0 Å². The van der Waals surface area contributed by atoms with Gasteiger partial charge >= 0.3 is 0 Å². The summed E-state index contributed by atoms with van der Waals surface area (Å²) in [6.45, 7) is 0.433. The van der Waals surface area contributed by atoms with E-state index in [1.54, 1.807) is 25.6 Å². The van der Waals surface area contributed by atoms with E-state index < -0.39 is 0 Å². The summed E-state index contributed by atoms with van der Waals surface area (Å²) in [5.74, 6) is 2.23. The zero-order valence-electron chi connectivity index (χ0n) is 13.3. The molecule has 24 heavy (non-hydrogen) atoms. The maximum Gasteiger partial charge on any atom is 0.170 e. The molecule has 0 fully saturated rings. The molecule has 6 heteroatoms. The fourth-order valence-electron chi connectivity index (χ4n) is 2.27. The largest absolute Gasteiger partial charge is 0.493 e. The summed E-state index contributed by atoms with van der Waals surface area (Å²) in [5.41, 5.74) is 1.81. The smallest absolute Gasteiger partial charge is 0.170 e. The molecule has 0 saturated carbocycles. The second-order valence-electron chi connectivity index (χ2n) is 4.93. The van der Waals surface area contributed by atoms with Crippen LogP contribution >= 0.6 is 33.9 Å². The summed E-state index contributed by atoms with van der Waals surface area (Å²) in [5, 5.41) is 2.88. The van der Waals surface area contributed by atoms with E-state index in [9.17, 15) is 0 Å². The van der Waals surface area contributed by atoms with Gasteiger partial charge in [0.25, 0.3) is 0 Å². The fraction of sp³-hybridized carbons (Fsp3) is 0.167. The number of thiazole rings is 1. The van der Waals surface area contributed by atoms with Crippen LogP contribution in [0.5, 0.6) is 17.2 Å². The number of aromatic nitrogens is 1. The van der Waals surface area contributed by atoms with Gasteiger partial charge in [0.15, 0.2) is 11.5 Å². The number of rotatable bonds is 6. The average Bonchev–Trinajstić information content (AvgIpc) is 3.08. The molecule has 0 unspecified atom stereocenters. The standard InChI is InChI=1S/C18H16INO3S/c1-21-16-8-4-7-15(17(16)22-2)18-20-13(11-24-18)10-23-14-6-3-5-12(19)9-14/h3-9,11H,10H2,1-2H3. The Hall–Kier alpha value is -1.80. The van der Waals surface area contributed by atoms with Crippen LogP contribution in [0.2, 0.25) is 0 Å². The number of ether oxygens (including phenoxy) is 3. The lowest BCUT2D eigenvalue weighted by molar-refractivity contribution is 0.302. The zero-order valence-corrected chi connectivity index (χ0v) is 16.3. The van der Waals surface area contributed by atoms with E-state index in [4.69, 9.17) is 14.2 Å². The topological polar surface area (TPSA) is 40.6 Å². The van der Waals surface area contributed by atoms with Crippen molar-refractivity contribution in [2.75, 3.05) is 14.2 Å². The van der Waals surface area contributed by atoms with E-state index in [-0.39, 0.29) is 0 Å². The monoisotopic (exact) mass is 453 g/mol. The summed E-state index contributed by atoms with van der Waals surface area (Å²) in [7, 11) is 3.26. The Balaban J connectivity index is 1.79. The van der Waals surface area contributed by atoms with Gasteiger partial charge in [-0.3, -0.25) is 0 Å². The quantitative estimate of drug-likeness (QED) is 0.492. The van der Waals surface area contributed by atoms with Crippen LogP contribution in [0.3, 0.4) is 0 Å². The third-order valence-corrected chi connectivity index (χ3v) is 4.96. The third-order valence-electron chi connectivity index (χ3n) is 3.37. The molecule has 124 valence electrons. The van der Waals surface area contributed by atoms with Gasteiger partial charge in [0, 0.05) is 8.95 Å². The van der Waals surface area contributed by atoms with Crippen molar-refractivity contribution in [3.63, 3.8) is 0 Å². The molecule has 0 spiro atoms. The molecule has 0 atom stereocenters. The lowest BCUT2D eigenvalue weighted by Crippen LogP contribution is -1.96. The highest BCUT2D eigenvalue weighted by molar-refractivity contribution is 14.1. The van der Waals surface area contributed by atoms with Gasteiger partial charge < -0.3 is 14.2 Å². The third kappa shape index (κ3) is 3.81. The van der Waals surface area contributed by atoms with E-state index in [2.05, 4.69) is 27.6 Å². The number of halogens is 1. The van der Waals surface area contributed by atoms with Crippen molar-refractivity contribution in [1.82, 2.24) is 4.98 Å². The second kappa shape index (κ2) is 7.85. The van der Waals surface area contributed by atoms with Crippen molar-refractivity contribution in [3.8, 4) is 27.8 Å². The van der Waals surface area contributed by atoms with Gasteiger partial charge in [-0.05, 0) is 52.9 Å². The highest BCUT2D eigenvalue weighted by atomic mass is 127. The number of hydrogen-bond donors (Lipinski definition) is 0. The first kappa shape index (κ1) is 17.0. The van der Waals surface area contributed by atoms with Gasteiger partial charge in [0.1, 0.15) is 17.4 Å². The Morgan fingerprint density at radius 1 is 1.08 bits per heavy atom. The SMILES string of the molecule is COc1cccc(-c2nc(COc3cccc(I)c3)cs2)c1OC. The number of para-hydroxylation sites is 1. The van der Waals surface area contributed by atoms with E-state index in [1.165, 1.54) is 0 Å². The van der Waals surface area contributed by atoms with Gasteiger partial charge in [-0.2, -0.15) is 0 Å². The molecule has 0 N–H and O–H groups in total. The first-order chi connectivity index (χ1) is 11.7. The molecule has 0 amide bonds. The van der Waals surface area contributed by atoms with Gasteiger partial charge in [0.2, 0.25) is 0 Å². The maximum absolute atomic E-state index is 5.81. The van der Waals surface area contributed by atoms with Crippen molar-refractivity contribution in [3.05, 3.63) is 57.1 Å².